The summed E-state index contributed by atoms with van der Waals surface area (Å²) in [6, 6.07) is 5.17. The number of halogens is 1. The maximum Gasteiger partial charge on any atom is 0.303 e. The lowest BCUT2D eigenvalue weighted by Gasteiger charge is -2.19. The average Bonchev–Trinajstić information content (AvgIpc) is 2.43. The molecule has 1 rings (SSSR count). The maximum absolute atomic E-state index is 13.1. The Morgan fingerprint density at radius 2 is 2.04 bits per heavy atom. The molecule has 0 heterocycles. The fourth-order valence-electron chi connectivity index (χ4n) is 2.54. The predicted molar refractivity (Wildman–Crippen MR) is 86.3 cm³/mol. The Labute approximate surface area is 136 Å². The van der Waals surface area contributed by atoms with E-state index in [1.54, 1.807) is 12.1 Å². The fourth-order valence-corrected chi connectivity index (χ4v) is 2.54. The van der Waals surface area contributed by atoms with Gasteiger partial charge >= 0.3 is 5.97 Å². The number of aliphatic carboxylic acids is 1. The molecule has 0 aromatic heterocycles. The highest BCUT2D eigenvalue weighted by atomic mass is 19.1. The smallest absolute Gasteiger partial charge is 0.303 e. The van der Waals surface area contributed by atoms with Crippen molar-refractivity contribution in [1.82, 2.24) is 5.32 Å². The normalized spacial score (nSPS) is 13.6. The van der Waals surface area contributed by atoms with Gasteiger partial charge in [0.15, 0.2) is 0 Å². The number of carboxylic acid groups (broad SMARTS) is 1. The molecule has 0 aliphatic carbocycles. The molecule has 1 amide bonds. The van der Waals surface area contributed by atoms with E-state index in [1.165, 1.54) is 12.1 Å². The number of carbonyl (C=O) groups is 2. The Kier molecular flexibility index (Phi) is 7.68. The van der Waals surface area contributed by atoms with E-state index in [0.29, 0.717) is 17.9 Å². The summed E-state index contributed by atoms with van der Waals surface area (Å²) in [5.74, 6) is -1.38. The Morgan fingerprint density at radius 1 is 1.35 bits per heavy atom. The van der Waals surface area contributed by atoms with Crippen LogP contribution in [0.4, 0.5) is 4.39 Å². The number of hydrogen-bond acceptors (Lipinski definition) is 3. The molecule has 0 radical (unpaired) electrons. The first-order valence-corrected chi connectivity index (χ1v) is 7.77. The van der Waals surface area contributed by atoms with E-state index in [1.807, 2.05) is 13.8 Å². The predicted octanol–water partition coefficient (Wildman–Crippen LogP) is 1.95. The van der Waals surface area contributed by atoms with E-state index in [0.717, 1.165) is 0 Å². The van der Waals surface area contributed by atoms with E-state index in [-0.39, 0.29) is 37.0 Å². The minimum absolute atomic E-state index is 0.0115. The third kappa shape index (κ3) is 7.74. The lowest BCUT2D eigenvalue weighted by Crippen LogP contribution is -2.44. The highest BCUT2D eigenvalue weighted by Gasteiger charge is 2.19. The molecule has 2 atom stereocenters. The standard InChI is InChI=1S/C17H25FN2O3/c1-11(2)6-13(9-16(21)22)10-20-17(23)15(19)8-12-4-3-5-14(18)7-12/h3-5,7,11,13,15H,6,8-10,19H2,1-2H3,(H,20,23)(H,21,22)/t13-,15+/m0/s1. The molecule has 4 N–H and O–H groups in total. The van der Waals surface area contributed by atoms with Crippen LogP contribution in [0.15, 0.2) is 24.3 Å². The third-order valence-corrected chi connectivity index (χ3v) is 3.51. The van der Waals surface area contributed by atoms with Crippen molar-refractivity contribution in [3.8, 4) is 0 Å². The summed E-state index contributed by atoms with van der Waals surface area (Å²) in [6.07, 6.45) is 0.959. The fraction of sp³-hybridized carbons (Fsp3) is 0.529. The van der Waals surface area contributed by atoms with Crippen molar-refractivity contribution in [1.29, 1.82) is 0 Å². The van der Waals surface area contributed by atoms with E-state index in [4.69, 9.17) is 10.8 Å². The summed E-state index contributed by atoms with van der Waals surface area (Å²) in [4.78, 5) is 22.9. The first-order chi connectivity index (χ1) is 10.8. The quantitative estimate of drug-likeness (QED) is 0.647. The summed E-state index contributed by atoms with van der Waals surface area (Å²) in [5.41, 5.74) is 6.49. The SMILES string of the molecule is CC(C)C[C@H](CNC(=O)[C@H](N)Cc1cccc(F)c1)CC(=O)O. The second kappa shape index (κ2) is 9.25. The number of rotatable bonds is 9. The molecule has 0 bridgehead atoms. The third-order valence-electron chi connectivity index (χ3n) is 3.51. The minimum atomic E-state index is -0.881. The van der Waals surface area contributed by atoms with Gasteiger partial charge in [0.2, 0.25) is 5.91 Å². The zero-order valence-corrected chi connectivity index (χ0v) is 13.6. The molecule has 1 aromatic carbocycles. The molecule has 0 aliphatic rings. The van der Waals surface area contributed by atoms with Gasteiger partial charge in [-0.2, -0.15) is 0 Å². The number of nitrogens with two attached hydrogens (primary N) is 1. The van der Waals surface area contributed by atoms with Crippen LogP contribution < -0.4 is 11.1 Å². The van der Waals surface area contributed by atoms with Gasteiger partial charge in [0.25, 0.3) is 0 Å². The van der Waals surface area contributed by atoms with Crippen LogP contribution in [-0.2, 0) is 16.0 Å². The van der Waals surface area contributed by atoms with Crippen molar-refractivity contribution in [2.24, 2.45) is 17.6 Å². The van der Waals surface area contributed by atoms with Crippen LogP contribution in [0.2, 0.25) is 0 Å². The minimum Gasteiger partial charge on any atom is -0.481 e. The monoisotopic (exact) mass is 324 g/mol. The molecular weight excluding hydrogens is 299 g/mol. The Hall–Kier alpha value is -1.95. The van der Waals surface area contributed by atoms with Crippen molar-refractivity contribution < 1.29 is 19.1 Å². The van der Waals surface area contributed by atoms with E-state index >= 15 is 0 Å². The molecule has 1 aromatic rings. The molecule has 0 aliphatic heterocycles. The molecule has 5 nitrogen and oxygen atoms in total. The highest BCUT2D eigenvalue weighted by Crippen LogP contribution is 2.15. The molecule has 0 saturated heterocycles. The topological polar surface area (TPSA) is 92.4 Å². The number of nitrogens with one attached hydrogen (secondary N) is 1. The number of benzene rings is 1. The largest absolute Gasteiger partial charge is 0.481 e. The van der Waals surface area contributed by atoms with E-state index in [2.05, 4.69) is 5.32 Å². The second-order valence-electron chi connectivity index (χ2n) is 6.28. The van der Waals surface area contributed by atoms with Crippen LogP contribution in [-0.4, -0.2) is 29.6 Å². The summed E-state index contributed by atoms with van der Waals surface area (Å²) < 4.78 is 13.1. The summed E-state index contributed by atoms with van der Waals surface area (Å²) >= 11 is 0. The Morgan fingerprint density at radius 3 is 2.61 bits per heavy atom. The van der Waals surface area contributed by atoms with E-state index < -0.39 is 12.0 Å². The van der Waals surface area contributed by atoms with Gasteiger partial charge in [0.1, 0.15) is 5.82 Å². The van der Waals surface area contributed by atoms with Gasteiger partial charge in [-0.15, -0.1) is 0 Å². The number of carboxylic acids is 1. The van der Waals surface area contributed by atoms with Crippen molar-refractivity contribution in [2.75, 3.05) is 6.54 Å². The number of hydrogen-bond donors (Lipinski definition) is 3. The molecule has 6 heteroatoms. The number of amides is 1. The summed E-state index contributed by atoms with van der Waals surface area (Å²) in [6.45, 7) is 4.29. The Balaban J connectivity index is 2.51. The maximum atomic E-state index is 13.1. The van der Waals surface area contributed by atoms with Crippen molar-refractivity contribution >= 4 is 11.9 Å². The van der Waals surface area contributed by atoms with Gasteiger partial charge in [-0.3, -0.25) is 9.59 Å². The first-order valence-electron chi connectivity index (χ1n) is 7.77. The highest BCUT2D eigenvalue weighted by molar-refractivity contribution is 5.81. The van der Waals surface area contributed by atoms with Gasteiger partial charge in [-0.05, 0) is 42.4 Å². The first kappa shape index (κ1) is 19.1. The van der Waals surface area contributed by atoms with Gasteiger partial charge in [-0.1, -0.05) is 26.0 Å². The zero-order valence-electron chi connectivity index (χ0n) is 13.6. The lowest BCUT2D eigenvalue weighted by atomic mass is 9.94. The Bertz CT molecular complexity index is 534. The average molecular weight is 324 g/mol. The molecule has 0 spiro atoms. The molecule has 128 valence electrons. The van der Waals surface area contributed by atoms with Crippen molar-refractivity contribution in [2.45, 2.75) is 39.2 Å². The molecule has 0 unspecified atom stereocenters. The lowest BCUT2D eigenvalue weighted by molar-refractivity contribution is -0.138. The van der Waals surface area contributed by atoms with Crippen molar-refractivity contribution in [3.63, 3.8) is 0 Å². The molecule has 0 fully saturated rings. The number of carbonyl (C=O) groups excluding carboxylic acids is 1. The molecule has 0 saturated carbocycles. The van der Waals surface area contributed by atoms with Crippen LogP contribution >= 0.6 is 0 Å². The van der Waals surface area contributed by atoms with Gasteiger partial charge < -0.3 is 16.2 Å². The van der Waals surface area contributed by atoms with Gasteiger partial charge in [0, 0.05) is 13.0 Å². The second-order valence-corrected chi connectivity index (χ2v) is 6.28. The summed E-state index contributed by atoms with van der Waals surface area (Å²) in [7, 11) is 0. The summed E-state index contributed by atoms with van der Waals surface area (Å²) in [5, 5.41) is 11.6. The molecular formula is C17H25FN2O3. The van der Waals surface area contributed by atoms with Crippen LogP contribution in [0, 0.1) is 17.7 Å². The van der Waals surface area contributed by atoms with Crippen LogP contribution in [0.3, 0.4) is 0 Å². The van der Waals surface area contributed by atoms with E-state index in [9.17, 15) is 14.0 Å². The molecule has 23 heavy (non-hydrogen) atoms. The zero-order chi connectivity index (χ0) is 17.4. The van der Waals surface area contributed by atoms with Crippen LogP contribution in [0.25, 0.3) is 0 Å². The van der Waals surface area contributed by atoms with Crippen LogP contribution in [0.1, 0.15) is 32.3 Å². The van der Waals surface area contributed by atoms with Gasteiger partial charge in [-0.25, -0.2) is 4.39 Å². The van der Waals surface area contributed by atoms with Crippen LogP contribution in [0.5, 0.6) is 0 Å². The van der Waals surface area contributed by atoms with Crippen molar-refractivity contribution in [3.05, 3.63) is 35.6 Å². The van der Waals surface area contributed by atoms with Gasteiger partial charge in [0.05, 0.1) is 6.04 Å².